The Morgan fingerprint density at radius 1 is 0.914 bits per heavy atom. The highest BCUT2D eigenvalue weighted by molar-refractivity contribution is 5.70. The number of benzene rings is 1. The van der Waals surface area contributed by atoms with Gasteiger partial charge in [0.2, 0.25) is 5.88 Å². The van der Waals surface area contributed by atoms with Gasteiger partial charge in [0.15, 0.2) is 0 Å². The second-order valence-electron chi connectivity index (χ2n) is 8.23. The molecule has 1 aromatic carbocycles. The van der Waals surface area contributed by atoms with Crippen LogP contribution in [0.15, 0.2) is 60.9 Å². The van der Waals surface area contributed by atoms with E-state index in [0.29, 0.717) is 30.8 Å². The molecule has 4 rings (SSSR count). The van der Waals surface area contributed by atoms with Gasteiger partial charge in [-0.1, -0.05) is 6.07 Å². The zero-order chi connectivity index (χ0) is 24.8. The predicted octanol–water partition coefficient (Wildman–Crippen LogP) is 4.96. The molecule has 3 aromatic rings. The lowest BCUT2D eigenvalue weighted by Gasteiger charge is -2.33. The van der Waals surface area contributed by atoms with E-state index >= 15 is 0 Å². The van der Waals surface area contributed by atoms with Crippen LogP contribution in [-0.2, 0) is 12.6 Å². The van der Waals surface area contributed by atoms with Crippen LogP contribution in [0.25, 0.3) is 0 Å². The third-order valence-electron chi connectivity index (χ3n) is 5.60. The molecule has 1 aliphatic heterocycles. The van der Waals surface area contributed by atoms with Crippen molar-refractivity contribution < 1.29 is 27.4 Å². The summed E-state index contributed by atoms with van der Waals surface area (Å²) in [6, 6.07) is 12.4. The largest absolute Gasteiger partial charge is 0.439 e. The number of piperazine rings is 1. The Kier molecular flexibility index (Phi) is 7.50. The first-order chi connectivity index (χ1) is 16.8. The summed E-state index contributed by atoms with van der Waals surface area (Å²) in [5.74, 6) is 0.725. The average Bonchev–Trinajstić information content (AvgIpc) is 2.85. The molecular weight excluding hydrogens is 461 g/mol. The lowest BCUT2D eigenvalue weighted by molar-refractivity contribution is -0.137. The second kappa shape index (κ2) is 10.7. The van der Waals surface area contributed by atoms with Gasteiger partial charge in [-0.3, -0.25) is 9.88 Å². The Morgan fingerprint density at radius 2 is 1.63 bits per heavy atom. The van der Waals surface area contributed by atoms with Crippen LogP contribution in [0, 0.1) is 6.92 Å². The van der Waals surface area contributed by atoms with Crippen molar-refractivity contribution in [3.63, 3.8) is 0 Å². The van der Waals surface area contributed by atoms with Crippen LogP contribution in [-0.4, -0.2) is 58.6 Å². The van der Waals surface area contributed by atoms with Gasteiger partial charge in [0.25, 0.3) is 0 Å². The molecule has 0 unspecified atom stereocenters. The standard InChI is InChI=1S/C25H25F3N4O3/c1-18-2-4-20(29-16-18)10-11-31-12-14-32(15-13-31)24(33)35-22-7-5-21(6-8-22)34-23-9-3-19(17-30-23)25(26,27)28/h2-9,16-17H,10-15H2,1H3. The van der Waals surface area contributed by atoms with Crippen LogP contribution in [0.2, 0.25) is 0 Å². The highest BCUT2D eigenvalue weighted by Gasteiger charge is 2.30. The molecule has 0 bridgehead atoms. The van der Waals surface area contributed by atoms with E-state index in [-0.39, 0.29) is 5.88 Å². The number of aryl methyl sites for hydroxylation is 1. The molecule has 3 heterocycles. The Bertz CT molecular complexity index is 1110. The van der Waals surface area contributed by atoms with Gasteiger partial charge in [-0.15, -0.1) is 0 Å². The topological polar surface area (TPSA) is 67.8 Å². The van der Waals surface area contributed by atoms with Crippen molar-refractivity contribution in [2.75, 3.05) is 32.7 Å². The molecular formula is C25H25F3N4O3. The monoisotopic (exact) mass is 486 g/mol. The summed E-state index contributed by atoms with van der Waals surface area (Å²) in [7, 11) is 0. The molecule has 0 radical (unpaired) electrons. The molecule has 35 heavy (non-hydrogen) atoms. The van der Waals surface area contributed by atoms with E-state index in [1.165, 1.54) is 0 Å². The number of ether oxygens (including phenoxy) is 2. The van der Waals surface area contributed by atoms with E-state index in [2.05, 4.69) is 20.9 Å². The Labute approximate surface area is 201 Å². The summed E-state index contributed by atoms with van der Waals surface area (Å²) < 4.78 is 48.8. The minimum absolute atomic E-state index is 0.0266. The number of carbonyl (C=O) groups excluding carboxylic acids is 1. The molecule has 1 fully saturated rings. The fraction of sp³-hybridized carbons (Fsp3) is 0.320. The van der Waals surface area contributed by atoms with E-state index in [0.717, 1.165) is 49.4 Å². The van der Waals surface area contributed by atoms with Crippen molar-refractivity contribution in [2.24, 2.45) is 0 Å². The number of alkyl halides is 3. The zero-order valence-corrected chi connectivity index (χ0v) is 19.2. The molecule has 1 aliphatic rings. The third-order valence-corrected chi connectivity index (χ3v) is 5.60. The number of hydrogen-bond acceptors (Lipinski definition) is 6. The molecule has 0 saturated carbocycles. The van der Waals surface area contributed by atoms with Crippen LogP contribution in [0.3, 0.4) is 0 Å². The van der Waals surface area contributed by atoms with Crippen molar-refractivity contribution in [3.8, 4) is 17.4 Å². The lowest BCUT2D eigenvalue weighted by atomic mass is 10.2. The number of aromatic nitrogens is 2. The summed E-state index contributed by atoms with van der Waals surface area (Å²) >= 11 is 0. The van der Waals surface area contributed by atoms with Crippen molar-refractivity contribution in [1.82, 2.24) is 19.8 Å². The number of hydrogen-bond donors (Lipinski definition) is 0. The van der Waals surface area contributed by atoms with Gasteiger partial charge in [0, 0.05) is 63.3 Å². The van der Waals surface area contributed by atoms with E-state index in [1.807, 2.05) is 19.2 Å². The average molecular weight is 486 g/mol. The van der Waals surface area contributed by atoms with Gasteiger partial charge in [-0.05, 0) is 48.9 Å². The molecule has 0 aliphatic carbocycles. The predicted molar refractivity (Wildman–Crippen MR) is 122 cm³/mol. The summed E-state index contributed by atoms with van der Waals surface area (Å²) in [6.07, 6.45) is -1.44. The van der Waals surface area contributed by atoms with Crippen LogP contribution in [0.4, 0.5) is 18.0 Å². The minimum atomic E-state index is -4.46. The Hall–Kier alpha value is -3.66. The van der Waals surface area contributed by atoms with E-state index in [4.69, 9.17) is 9.47 Å². The highest BCUT2D eigenvalue weighted by Crippen LogP contribution is 2.30. The van der Waals surface area contributed by atoms with E-state index in [9.17, 15) is 18.0 Å². The molecule has 0 atom stereocenters. The normalized spacial score (nSPS) is 14.6. The maximum Gasteiger partial charge on any atom is 0.417 e. The van der Waals surface area contributed by atoms with Gasteiger partial charge in [0.05, 0.1) is 5.56 Å². The summed E-state index contributed by atoms with van der Waals surface area (Å²) in [5, 5.41) is 0. The molecule has 0 N–H and O–H groups in total. The third kappa shape index (κ3) is 6.92. The molecule has 1 saturated heterocycles. The van der Waals surface area contributed by atoms with E-state index in [1.54, 1.807) is 29.2 Å². The number of pyridine rings is 2. The number of rotatable bonds is 6. The number of amides is 1. The quantitative estimate of drug-likeness (QED) is 0.491. The summed E-state index contributed by atoms with van der Waals surface area (Å²) in [6.45, 7) is 5.55. The molecule has 10 heteroatoms. The SMILES string of the molecule is Cc1ccc(CCN2CCN(C(=O)Oc3ccc(Oc4ccc(C(F)(F)F)cn4)cc3)CC2)nc1. The summed E-state index contributed by atoms with van der Waals surface area (Å²) in [4.78, 5) is 24.6. The Morgan fingerprint density at radius 3 is 2.23 bits per heavy atom. The number of carbonyl (C=O) groups is 1. The van der Waals surface area contributed by atoms with Gasteiger partial charge in [0.1, 0.15) is 11.5 Å². The maximum atomic E-state index is 12.6. The first-order valence-electron chi connectivity index (χ1n) is 11.2. The number of nitrogens with zero attached hydrogens (tertiary/aromatic N) is 4. The van der Waals surface area contributed by atoms with Gasteiger partial charge in [-0.25, -0.2) is 9.78 Å². The Balaban J connectivity index is 1.22. The lowest BCUT2D eigenvalue weighted by Crippen LogP contribution is -2.49. The fourth-order valence-electron chi connectivity index (χ4n) is 3.54. The van der Waals surface area contributed by atoms with Gasteiger partial charge in [-0.2, -0.15) is 13.2 Å². The van der Waals surface area contributed by atoms with Crippen molar-refractivity contribution >= 4 is 6.09 Å². The molecule has 0 spiro atoms. The van der Waals surface area contributed by atoms with Crippen molar-refractivity contribution in [1.29, 1.82) is 0 Å². The first kappa shape index (κ1) is 24.5. The van der Waals surface area contributed by atoms with Crippen molar-refractivity contribution in [2.45, 2.75) is 19.5 Å². The zero-order valence-electron chi connectivity index (χ0n) is 19.2. The molecule has 1 amide bonds. The smallest absolute Gasteiger partial charge is 0.417 e. The van der Waals surface area contributed by atoms with Crippen LogP contribution < -0.4 is 9.47 Å². The molecule has 7 nitrogen and oxygen atoms in total. The number of halogens is 3. The summed E-state index contributed by atoms with van der Waals surface area (Å²) in [5.41, 5.74) is 1.34. The van der Waals surface area contributed by atoms with Crippen LogP contribution in [0.5, 0.6) is 17.4 Å². The fourth-order valence-corrected chi connectivity index (χ4v) is 3.54. The second-order valence-corrected chi connectivity index (χ2v) is 8.23. The minimum Gasteiger partial charge on any atom is -0.439 e. The molecule has 2 aromatic heterocycles. The van der Waals surface area contributed by atoms with Crippen LogP contribution >= 0.6 is 0 Å². The first-order valence-corrected chi connectivity index (χ1v) is 11.2. The van der Waals surface area contributed by atoms with Crippen molar-refractivity contribution in [3.05, 3.63) is 77.7 Å². The van der Waals surface area contributed by atoms with Gasteiger partial charge < -0.3 is 14.4 Å². The highest BCUT2D eigenvalue weighted by atomic mass is 19.4. The maximum absolute atomic E-state index is 12.6. The van der Waals surface area contributed by atoms with Gasteiger partial charge >= 0.3 is 12.3 Å². The van der Waals surface area contributed by atoms with Crippen LogP contribution in [0.1, 0.15) is 16.8 Å². The molecule has 184 valence electrons. The van der Waals surface area contributed by atoms with E-state index < -0.39 is 17.8 Å².